The maximum atomic E-state index is 11.9. The molecule has 4 nitrogen and oxygen atoms in total. The summed E-state index contributed by atoms with van der Waals surface area (Å²) in [5.41, 5.74) is 0.950. The fourth-order valence-corrected chi connectivity index (χ4v) is 3.31. The molecule has 2 aromatic heterocycles. The van der Waals surface area contributed by atoms with E-state index in [-0.39, 0.29) is 5.91 Å². The molecule has 1 fully saturated rings. The van der Waals surface area contributed by atoms with E-state index in [2.05, 4.69) is 15.5 Å². The summed E-state index contributed by atoms with van der Waals surface area (Å²) in [7, 11) is 0. The lowest BCUT2D eigenvalue weighted by atomic mass is 10.0. The van der Waals surface area contributed by atoms with Crippen LogP contribution in [-0.2, 0) is 4.79 Å². The predicted molar refractivity (Wildman–Crippen MR) is 77.1 cm³/mol. The Bertz CT molecular complexity index is 541. The van der Waals surface area contributed by atoms with Gasteiger partial charge in [-0.05, 0) is 30.2 Å². The van der Waals surface area contributed by atoms with Crippen LogP contribution in [0.4, 0.5) is 5.82 Å². The van der Waals surface area contributed by atoms with E-state index in [1.54, 1.807) is 11.3 Å². The highest BCUT2D eigenvalue weighted by Gasteiger charge is 2.18. The minimum absolute atomic E-state index is 0.0797. The molecule has 2 aromatic rings. The van der Waals surface area contributed by atoms with Gasteiger partial charge in [-0.3, -0.25) is 9.89 Å². The zero-order valence-electron chi connectivity index (χ0n) is 10.7. The van der Waals surface area contributed by atoms with Crippen LogP contribution in [0, 0.1) is 5.92 Å². The number of thiophene rings is 1. The molecule has 0 unspecified atom stereocenters. The molecule has 0 atom stereocenters. The number of anilines is 1. The first kappa shape index (κ1) is 12.4. The van der Waals surface area contributed by atoms with Crippen molar-refractivity contribution in [2.24, 2.45) is 5.92 Å². The second-order valence-electron chi connectivity index (χ2n) is 5.05. The highest BCUT2D eigenvalue weighted by molar-refractivity contribution is 7.13. The highest BCUT2D eigenvalue weighted by atomic mass is 32.1. The van der Waals surface area contributed by atoms with E-state index >= 15 is 0 Å². The van der Waals surface area contributed by atoms with Crippen molar-refractivity contribution in [1.29, 1.82) is 0 Å². The normalized spacial score (nSPS) is 15.8. The summed E-state index contributed by atoms with van der Waals surface area (Å²) in [6.07, 6.45) is 5.54. The van der Waals surface area contributed by atoms with Crippen LogP contribution in [0.2, 0.25) is 0 Å². The smallest absolute Gasteiger partial charge is 0.225 e. The van der Waals surface area contributed by atoms with Gasteiger partial charge in [-0.2, -0.15) is 5.10 Å². The summed E-state index contributed by atoms with van der Waals surface area (Å²) in [5, 5.41) is 12.0. The molecule has 5 heteroatoms. The van der Waals surface area contributed by atoms with Crippen molar-refractivity contribution >= 4 is 23.1 Å². The Morgan fingerprint density at radius 2 is 2.32 bits per heavy atom. The lowest BCUT2D eigenvalue weighted by molar-refractivity contribution is -0.117. The molecule has 1 aliphatic carbocycles. The predicted octanol–water partition coefficient (Wildman–Crippen LogP) is 3.66. The molecular weight excluding hydrogens is 258 g/mol. The number of hydrogen-bond donors (Lipinski definition) is 2. The lowest BCUT2D eigenvalue weighted by Gasteiger charge is -2.07. The number of carbonyl (C=O) groups is 1. The number of nitrogens with one attached hydrogen (secondary N) is 2. The fourth-order valence-electron chi connectivity index (χ4n) is 2.61. The van der Waals surface area contributed by atoms with Gasteiger partial charge in [-0.15, -0.1) is 11.3 Å². The van der Waals surface area contributed by atoms with Gasteiger partial charge in [-0.25, -0.2) is 0 Å². The van der Waals surface area contributed by atoms with E-state index in [9.17, 15) is 4.79 Å². The maximum absolute atomic E-state index is 11.9. The molecule has 3 rings (SSSR count). The van der Waals surface area contributed by atoms with Gasteiger partial charge in [0.25, 0.3) is 0 Å². The van der Waals surface area contributed by atoms with Gasteiger partial charge in [0, 0.05) is 12.5 Å². The quantitative estimate of drug-likeness (QED) is 0.894. The summed E-state index contributed by atoms with van der Waals surface area (Å²) in [5.74, 6) is 1.26. The van der Waals surface area contributed by atoms with Gasteiger partial charge in [0.15, 0.2) is 5.82 Å². The van der Waals surface area contributed by atoms with Crippen molar-refractivity contribution in [3.05, 3.63) is 23.6 Å². The topological polar surface area (TPSA) is 57.8 Å². The van der Waals surface area contributed by atoms with Gasteiger partial charge in [-0.1, -0.05) is 18.9 Å². The number of H-pyrrole nitrogens is 1. The first-order valence-electron chi connectivity index (χ1n) is 6.70. The van der Waals surface area contributed by atoms with Crippen molar-refractivity contribution < 1.29 is 4.79 Å². The second-order valence-corrected chi connectivity index (χ2v) is 5.99. The number of carbonyl (C=O) groups excluding carboxylic acids is 1. The van der Waals surface area contributed by atoms with Crippen molar-refractivity contribution in [1.82, 2.24) is 10.2 Å². The van der Waals surface area contributed by atoms with Gasteiger partial charge in [0.2, 0.25) is 5.91 Å². The molecule has 0 spiro atoms. The second kappa shape index (κ2) is 5.57. The van der Waals surface area contributed by atoms with Crippen LogP contribution in [0.25, 0.3) is 10.6 Å². The van der Waals surface area contributed by atoms with Crippen LogP contribution in [-0.4, -0.2) is 16.1 Å². The Morgan fingerprint density at radius 1 is 1.47 bits per heavy atom. The fraction of sp³-hybridized carbons (Fsp3) is 0.429. The highest BCUT2D eigenvalue weighted by Crippen LogP contribution is 2.28. The van der Waals surface area contributed by atoms with Crippen LogP contribution < -0.4 is 5.32 Å². The van der Waals surface area contributed by atoms with E-state index in [1.165, 1.54) is 25.7 Å². The van der Waals surface area contributed by atoms with Gasteiger partial charge in [0.05, 0.1) is 10.6 Å². The monoisotopic (exact) mass is 275 g/mol. The van der Waals surface area contributed by atoms with Crippen molar-refractivity contribution in [3.8, 4) is 10.6 Å². The molecular formula is C14H17N3OS. The molecule has 19 heavy (non-hydrogen) atoms. The van der Waals surface area contributed by atoms with Crippen LogP contribution in [0.3, 0.4) is 0 Å². The van der Waals surface area contributed by atoms with E-state index in [4.69, 9.17) is 0 Å². The number of rotatable bonds is 4. The van der Waals surface area contributed by atoms with E-state index in [1.807, 2.05) is 23.6 Å². The Balaban J connectivity index is 1.59. The molecule has 0 radical (unpaired) electrons. The summed E-state index contributed by atoms with van der Waals surface area (Å²) in [6, 6.07) is 5.92. The zero-order chi connectivity index (χ0) is 13.1. The first-order chi connectivity index (χ1) is 9.31. The average Bonchev–Trinajstić information content (AvgIpc) is 3.09. The molecule has 0 bridgehead atoms. The zero-order valence-corrected chi connectivity index (χ0v) is 11.5. The number of aromatic amines is 1. The Hall–Kier alpha value is -1.62. The van der Waals surface area contributed by atoms with Crippen molar-refractivity contribution in [2.45, 2.75) is 32.1 Å². The third kappa shape index (κ3) is 3.04. The van der Waals surface area contributed by atoms with Gasteiger partial charge in [0.1, 0.15) is 0 Å². The average molecular weight is 275 g/mol. The largest absolute Gasteiger partial charge is 0.309 e. The SMILES string of the molecule is O=C(CC1CCCC1)Nc1cc(-c2cccs2)[nH]n1. The first-order valence-corrected chi connectivity index (χ1v) is 7.58. The summed E-state index contributed by atoms with van der Waals surface area (Å²) in [4.78, 5) is 13.0. The molecule has 0 saturated heterocycles. The molecule has 1 amide bonds. The molecule has 1 saturated carbocycles. The number of amides is 1. The molecule has 100 valence electrons. The number of hydrogen-bond acceptors (Lipinski definition) is 3. The molecule has 2 heterocycles. The maximum Gasteiger partial charge on any atom is 0.225 e. The molecule has 0 aliphatic heterocycles. The molecule has 1 aliphatic rings. The number of aromatic nitrogens is 2. The standard InChI is InChI=1S/C14H17N3OS/c18-14(8-10-4-1-2-5-10)15-13-9-11(16-17-13)12-6-3-7-19-12/h3,6-7,9-10H,1-2,4-5,8H2,(H2,15,16,17,18). The van der Waals surface area contributed by atoms with Crippen molar-refractivity contribution in [3.63, 3.8) is 0 Å². The van der Waals surface area contributed by atoms with E-state index in [0.29, 0.717) is 18.2 Å². The van der Waals surface area contributed by atoms with Crippen molar-refractivity contribution in [2.75, 3.05) is 5.32 Å². The van der Waals surface area contributed by atoms with Crippen LogP contribution >= 0.6 is 11.3 Å². The van der Waals surface area contributed by atoms with E-state index in [0.717, 1.165) is 10.6 Å². The minimum Gasteiger partial charge on any atom is -0.309 e. The van der Waals surface area contributed by atoms with E-state index < -0.39 is 0 Å². The summed E-state index contributed by atoms with van der Waals surface area (Å²) in [6.45, 7) is 0. The summed E-state index contributed by atoms with van der Waals surface area (Å²) < 4.78 is 0. The molecule has 2 N–H and O–H groups in total. The Labute approximate surface area is 116 Å². The van der Waals surface area contributed by atoms with Gasteiger partial charge >= 0.3 is 0 Å². The number of nitrogens with zero attached hydrogens (tertiary/aromatic N) is 1. The Kier molecular flexibility index (Phi) is 3.64. The minimum atomic E-state index is 0.0797. The van der Waals surface area contributed by atoms with Crippen LogP contribution in [0.5, 0.6) is 0 Å². The third-order valence-corrected chi connectivity index (χ3v) is 4.48. The third-order valence-electron chi connectivity index (χ3n) is 3.58. The van der Waals surface area contributed by atoms with Crippen LogP contribution in [0.1, 0.15) is 32.1 Å². The lowest BCUT2D eigenvalue weighted by Crippen LogP contribution is -2.15. The summed E-state index contributed by atoms with van der Waals surface area (Å²) >= 11 is 1.65. The van der Waals surface area contributed by atoms with Crippen LogP contribution in [0.15, 0.2) is 23.6 Å². The Morgan fingerprint density at radius 3 is 3.05 bits per heavy atom. The van der Waals surface area contributed by atoms with Gasteiger partial charge < -0.3 is 5.32 Å². The molecule has 0 aromatic carbocycles.